The molecule has 2 N–H and O–H groups in total. The number of carbonyl (C=O) groups is 1. The van der Waals surface area contributed by atoms with Crippen molar-refractivity contribution in [3.63, 3.8) is 0 Å². The number of phenolic OH excluding ortho intramolecular Hbond substituents is 1. The molecule has 2 aromatic carbocycles. The molecule has 0 aliphatic carbocycles. The number of hydrogen-bond donors (Lipinski definition) is 2. The molecule has 0 spiro atoms. The van der Waals surface area contributed by atoms with Gasteiger partial charge in [0.05, 0.1) is 16.9 Å². The van der Waals surface area contributed by atoms with E-state index in [1.807, 2.05) is 24.3 Å². The summed E-state index contributed by atoms with van der Waals surface area (Å²) in [5.74, 6) is -0.301. The van der Waals surface area contributed by atoms with Gasteiger partial charge >= 0.3 is 0 Å². The Labute approximate surface area is 128 Å². The third-order valence-corrected chi connectivity index (χ3v) is 3.74. The molecule has 2 aromatic rings. The van der Waals surface area contributed by atoms with Crippen molar-refractivity contribution in [2.45, 2.75) is 6.42 Å². The van der Waals surface area contributed by atoms with E-state index < -0.39 is 0 Å². The minimum absolute atomic E-state index is 0.0564. The first kappa shape index (κ1) is 13.8. The van der Waals surface area contributed by atoms with Crippen molar-refractivity contribution >= 4 is 28.9 Å². The second kappa shape index (κ2) is 5.66. The summed E-state index contributed by atoms with van der Waals surface area (Å²) in [6, 6.07) is 12.2. The Balaban J connectivity index is 2.03. The Bertz CT molecular complexity index is 688. The van der Waals surface area contributed by atoms with Gasteiger partial charge in [0.25, 0.3) is 5.91 Å². The van der Waals surface area contributed by atoms with Crippen LogP contribution in [0.3, 0.4) is 0 Å². The predicted octanol–water partition coefficient (Wildman–Crippen LogP) is 3.51. The summed E-state index contributed by atoms with van der Waals surface area (Å²) in [5, 5.41) is 13.7. The molecule has 0 saturated carbocycles. The largest absolute Gasteiger partial charge is 0.507 e. The van der Waals surface area contributed by atoms with Gasteiger partial charge in [-0.25, -0.2) is 0 Å². The van der Waals surface area contributed by atoms with Crippen LogP contribution >= 0.6 is 11.6 Å². The van der Waals surface area contributed by atoms with Crippen molar-refractivity contribution in [3.05, 3.63) is 53.1 Å². The highest BCUT2D eigenvalue weighted by atomic mass is 35.5. The molecule has 0 saturated heterocycles. The van der Waals surface area contributed by atoms with Gasteiger partial charge in [0.1, 0.15) is 5.75 Å². The highest BCUT2D eigenvalue weighted by Gasteiger charge is 2.24. The Hall–Kier alpha value is -2.20. The lowest BCUT2D eigenvalue weighted by Gasteiger charge is -2.23. The predicted molar refractivity (Wildman–Crippen MR) is 84.3 cm³/mol. The van der Waals surface area contributed by atoms with Crippen molar-refractivity contribution in [3.8, 4) is 5.75 Å². The molecule has 0 atom stereocenters. The summed E-state index contributed by atoms with van der Waals surface area (Å²) in [5.41, 5.74) is 1.96. The van der Waals surface area contributed by atoms with Gasteiger partial charge in [0.15, 0.2) is 0 Å². The summed E-state index contributed by atoms with van der Waals surface area (Å²) < 4.78 is 0. The lowest BCUT2D eigenvalue weighted by Crippen LogP contribution is -2.31. The maximum absolute atomic E-state index is 12.8. The third kappa shape index (κ3) is 2.67. The summed E-state index contributed by atoms with van der Waals surface area (Å²) >= 11 is 5.94. The second-order valence-electron chi connectivity index (χ2n) is 4.92. The average molecular weight is 303 g/mol. The van der Waals surface area contributed by atoms with Gasteiger partial charge in [-0.1, -0.05) is 23.7 Å². The topological polar surface area (TPSA) is 52.6 Å². The quantitative estimate of drug-likeness (QED) is 0.847. The SMILES string of the molecule is O=C(c1cc(Cl)ccc1O)N1CCCNc2ccccc21. The number of fused-ring (bicyclic) bond motifs is 1. The van der Waals surface area contributed by atoms with Gasteiger partial charge in [0, 0.05) is 18.1 Å². The molecular formula is C16H15ClN2O2. The van der Waals surface area contributed by atoms with Crippen LogP contribution in [0.15, 0.2) is 42.5 Å². The number of anilines is 2. The molecule has 0 bridgehead atoms. The fraction of sp³-hybridized carbons (Fsp3) is 0.188. The van der Waals surface area contributed by atoms with Gasteiger partial charge < -0.3 is 15.3 Å². The fourth-order valence-corrected chi connectivity index (χ4v) is 2.65. The number of carbonyl (C=O) groups excluding carboxylic acids is 1. The van der Waals surface area contributed by atoms with Gasteiger partial charge in [-0.05, 0) is 36.8 Å². The molecule has 0 unspecified atom stereocenters. The summed E-state index contributed by atoms with van der Waals surface area (Å²) in [4.78, 5) is 14.4. The number of hydrogen-bond acceptors (Lipinski definition) is 3. The van der Waals surface area contributed by atoms with Crippen molar-refractivity contribution in [1.29, 1.82) is 0 Å². The molecule has 1 amide bonds. The molecule has 0 radical (unpaired) electrons. The van der Waals surface area contributed by atoms with E-state index in [1.54, 1.807) is 11.0 Å². The normalized spacial score (nSPS) is 14.0. The summed E-state index contributed by atoms with van der Waals surface area (Å²) in [7, 11) is 0. The first-order valence-corrected chi connectivity index (χ1v) is 7.18. The molecule has 21 heavy (non-hydrogen) atoms. The van der Waals surface area contributed by atoms with Crippen LogP contribution in [0.1, 0.15) is 16.8 Å². The van der Waals surface area contributed by atoms with E-state index in [0.29, 0.717) is 11.6 Å². The number of para-hydroxylation sites is 2. The van der Waals surface area contributed by atoms with Crippen LogP contribution in [-0.2, 0) is 0 Å². The van der Waals surface area contributed by atoms with E-state index in [4.69, 9.17) is 11.6 Å². The zero-order valence-electron chi connectivity index (χ0n) is 11.3. The van der Waals surface area contributed by atoms with Crippen molar-refractivity contribution in [2.24, 2.45) is 0 Å². The number of phenols is 1. The molecule has 1 aliphatic heterocycles. The van der Waals surface area contributed by atoms with E-state index in [1.165, 1.54) is 12.1 Å². The smallest absolute Gasteiger partial charge is 0.262 e. The number of amides is 1. The van der Waals surface area contributed by atoms with Crippen LogP contribution in [0.4, 0.5) is 11.4 Å². The molecule has 0 fully saturated rings. The zero-order chi connectivity index (χ0) is 14.8. The molecule has 4 nitrogen and oxygen atoms in total. The number of rotatable bonds is 1. The van der Waals surface area contributed by atoms with Gasteiger partial charge in [0.2, 0.25) is 0 Å². The van der Waals surface area contributed by atoms with E-state index in [-0.39, 0.29) is 17.2 Å². The Kier molecular flexibility index (Phi) is 3.71. The van der Waals surface area contributed by atoms with Gasteiger partial charge in [-0.3, -0.25) is 4.79 Å². The standard InChI is InChI=1S/C16H15ClN2O2/c17-11-6-7-15(20)12(10-11)16(21)19-9-3-8-18-13-4-1-2-5-14(13)19/h1-2,4-7,10,18,20H,3,8-9H2. The minimum Gasteiger partial charge on any atom is -0.507 e. The Morgan fingerprint density at radius 3 is 2.90 bits per heavy atom. The maximum atomic E-state index is 12.8. The van der Waals surface area contributed by atoms with E-state index in [9.17, 15) is 9.90 Å². The molecule has 108 valence electrons. The lowest BCUT2D eigenvalue weighted by atomic mass is 10.1. The van der Waals surface area contributed by atoms with E-state index >= 15 is 0 Å². The molecule has 1 heterocycles. The molecule has 3 rings (SSSR count). The number of benzene rings is 2. The Morgan fingerprint density at radius 2 is 2.05 bits per heavy atom. The van der Waals surface area contributed by atoms with Crippen molar-refractivity contribution < 1.29 is 9.90 Å². The first-order valence-electron chi connectivity index (χ1n) is 6.80. The number of nitrogens with one attached hydrogen (secondary N) is 1. The highest BCUT2D eigenvalue weighted by Crippen LogP contribution is 2.31. The summed E-state index contributed by atoms with van der Waals surface area (Å²) in [6.07, 6.45) is 0.835. The van der Waals surface area contributed by atoms with E-state index in [2.05, 4.69) is 5.32 Å². The molecule has 5 heteroatoms. The van der Waals surface area contributed by atoms with Crippen LogP contribution < -0.4 is 10.2 Å². The average Bonchev–Trinajstić information content (AvgIpc) is 2.71. The van der Waals surface area contributed by atoms with E-state index in [0.717, 1.165) is 24.3 Å². The summed E-state index contributed by atoms with van der Waals surface area (Å²) in [6.45, 7) is 1.40. The molecular weight excluding hydrogens is 288 g/mol. The number of halogens is 1. The lowest BCUT2D eigenvalue weighted by molar-refractivity contribution is 0.0984. The molecule has 0 aromatic heterocycles. The van der Waals surface area contributed by atoms with Crippen molar-refractivity contribution in [2.75, 3.05) is 23.3 Å². The Morgan fingerprint density at radius 1 is 1.24 bits per heavy atom. The minimum atomic E-state index is -0.244. The van der Waals surface area contributed by atoms with Crippen LogP contribution in [-0.4, -0.2) is 24.1 Å². The van der Waals surface area contributed by atoms with Crippen LogP contribution in [0.2, 0.25) is 5.02 Å². The zero-order valence-corrected chi connectivity index (χ0v) is 12.1. The number of aromatic hydroxyl groups is 1. The maximum Gasteiger partial charge on any atom is 0.262 e. The highest BCUT2D eigenvalue weighted by molar-refractivity contribution is 6.31. The second-order valence-corrected chi connectivity index (χ2v) is 5.35. The first-order chi connectivity index (χ1) is 10.2. The fourth-order valence-electron chi connectivity index (χ4n) is 2.48. The van der Waals surface area contributed by atoms with Crippen LogP contribution in [0.25, 0.3) is 0 Å². The van der Waals surface area contributed by atoms with Gasteiger partial charge in [-0.15, -0.1) is 0 Å². The number of nitrogens with zero attached hydrogens (tertiary/aromatic N) is 1. The monoisotopic (exact) mass is 302 g/mol. The van der Waals surface area contributed by atoms with Crippen LogP contribution in [0, 0.1) is 0 Å². The van der Waals surface area contributed by atoms with Gasteiger partial charge in [-0.2, -0.15) is 0 Å². The third-order valence-electron chi connectivity index (χ3n) is 3.50. The van der Waals surface area contributed by atoms with Crippen molar-refractivity contribution in [1.82, 2.24) is 0 Å². The molecule has 1 aliphatic rings. The van der Waals surface area contributed by atoms with Crippen LogP contribution in [0.5, 0.6) is 5.75 Å².